The molecule has 0 bridgehead atoms. The van der Waals surface area contributed by atoms with E-state index in [2.05, 4.69) is 20.0 Å². The summed E-state index contributed by atoms with van der Waals surface area (Å²) in [5.41, 5.74) is 0.595. The highest BCUT2D eigenvalue weighted by Crippen LogP contribution is 2.18. The molecule has 0 saturated heterocycles. The fourth-order valence-electron chi connectivity index (χ4n) is 2.51. The Bertz CT molecular complexity index is 585. The van der Waals surface area contributed by atoms with Crippen molar-refractivity contribution in [3.8, 4) is 0 Å². The van der Waals surface area contributed by atoms with Crippen LogP contribution in [0.25, 0.3) is 0 Å². The topological polar surface area (TPSA) is 64.7 Å². The Morgan fingerprint density at radius 2 is 2.42 bits per heavy atom. The lowest BCUT2D eigenvalue weighted by atomic mass is 9.98. The van der Waals surface area contributed by atoms with Crippen LogP contribution in [0.3, 0.4) is 0 Å². The zero-order valence-electron chi connectivity index (χ0n) is 10.9. The zero-order valence-corrected chi connectivity index (χ0v) is 10.9. The van der Waals surface area contributed by atoms with Crippen molar-refractivity contribution in [2.75, 3.05) is 6.54 Å². The highest BCUT2D eigenvalue weighted by atomic mass is 16.2. The highest BCUT2D eigenvalue weighted by molar-refractivity contribution is 5.92. The van der Waals surface area contributed by atoms with E-state index in [0.29, 0.717) is 18.2 Å². The van der Waals surface area contributed by atoms with Gasteiger partial charge in [-0.15, -0.1) is 0 Å². The third-order valence-corrected chi connectivity index (χ3v) is 3.66. The number of carbonyl (C=O) groups is 1. The van der Waals surface area contributed by atoms with Gasteiger partial charge in [-0.3, -0.25) is 9.48 Å². The molecule has 2 aromatic heterocycles. The first kappa shape index (κ1) is 12.0. The van der Waals surface area contributed by atoms with Gasteiger partial charge in [0.05, 0.1) is 0 Å². The van der Waals surface area contributed by atoms with Crippen LogP contribution in [0.1, 0.15) is 22.7 Å². The predicted molar refractivity (Wildman–Crippen MR) is 69.6 cm³/mol. The van der Waals surface area contributed by atoms with Crippen LogP contribution >= 0.6 is 0 Å². The Labute approximate surface area is 111 Å². The van der Waals surface area contributed by atoms with Crippen LogP contribution in [0.15, 0.2) is 24.7 Å². The molecule has 6 nitrogen and oxygen atoms in total. The maximum atomic E-state index is 12.0. The Balaban J connectivity index is 1.56. The molecule has 1 N–H and O–H groups in total. The predicted octanol–water partition coefficient (Wildman–Crippen LogP) is 0.609. The van der Waals surface area contributed by atoms with Crippen LogP contribution in [0, 0.1) is 5.92 Å². The highest BCUT2D eigenvalue weighted by Gasteiger charge is 2.20. The number of aryl methyl sites for hydroxylation is 2. The van der Waals surface area contributed by atoms with Crippen LogP contribution in [0.4, 0.5) is 0 Å². The first-order valence-corrected chi connectivity index (χ1v) is 6.50. The number of nitrogens with zero attached hydrogens (tertiary/aromatic N) is 4. The number of amides is 1. The molecule has 1 amide bonds. The lowest BCUT2D eigenvalue weighted by Crippen LogP contribution is -2.34. The second-order valence-corrected chi connectivity index (χ2v) is 4.95. The fraction of sp³-hybridized carbons (Fsp3) is 0.462. The summed E-state index contributed by atoms with van der Waals surface area (Å²) >= 11 is 0. The van der Waals surface area contributed by atoms with Gasteiger partial charge in [0.2, 0.25) is 0 Å². The summed E-state index contributed by atoms with van der Waals surface area (Å²) in [6, 6.07) is 1.73. The molecule has 1 aliphatic heterocycles. The number of aromatic nitrogens is 4. The van der Waals surface area contributed by atoms with Gasteiger partial charge >= 0.3 is 0 Å². The first-order chi connectivity index (χ1) is 9.24. The lowest BCUT2D eigenvalue weighted by Gasteiger charge is -2.23. The van der Waals surface area contributed by atoms with Crippen LogP contribution in [0.5, 0.6) is 0 Å². The van der Waals surface area contributed by atoms with Crippen molar-refractivity contribution in [2.45, 2.75) is 19.4 Å². The summed E-state index contributed by atoms with van der Waals surface area (Å²) in [6.45, 7) is 1.68. The van der Waals surface area contributed by atoms with Gasteiger partial charge in [0.25, 0.3) is 5.91 Å². The van der Waals surface area contributed by atoms with Crippen molar-refractivity contribution in [3.05, 3.63) is 36.2 Å². The molecule has 0 fully saturated rings. The van der Waals surface area contributed by atoms with E-state index in [9.17, 15) is 4.79 Å². The Kier molecular flexibility index (Phi) is 3.06. The standard InChI is InChI=1S/C13H17N5O/c1-17-11(2-4-16-17)13(19)15-9-10-3-6-18-7-5-14-12(18)8-10/h2,4-5,7,10H,3,6,8-9H2,1H3,(H,15,19)/t10-/m0/s1. The molecule has 0 saturated carbocycles. The maximum Gasteiger partial charge on any atom is 0.269 e. The van der Waals surface area contributed by atoms with Crippen LogP contribution < -0.4 is 5.32 Å². The summed E-state index contributed by atoms with van der Waals surface area (Å²) in [7, 11) is 1.77. The molecule has 0 aliphatic carbocycles. The molecule has 0 aromatic carbocycles. The number of imidazole rings is 1. The van der Waals surface area contributed by atoms with E-state index in [1.54, 1.807) is 24.0 Å². The summed E-state index contributed by atoms with van der Waals surface area (Å²) in [4.78, 5) is 16.3. The van der Waals surface area contributed by atoms with Crippen molar-refractivity contribution >= 4 is 5.91 Å². The van der Waals surface area contributed by atoms with Crippen LogP contribution in [0.2, 0.25) is 0 Å². The van der Waals surface area contributed by atoms with Crippen molar-refractivity contribution < 1.29 is 4.79 Å². The number of rotatable bonds is 3. The number of hydrogen-bond donors (Lipinski definition) is 1. The number of fused-ring (bicyclic) bond motifs is 1. The molecule has 6 heteroatoms. The minimum Gasteiger partial charge on any atom is -0.350 e. The minimum atomic E-state index is -0.0612. The monoisotopic (exact) mass is 259 g/mol. The average molecular weight is 259 g/mol. The molecular weight excluding hydrogens is 242 g/mol. The van der Waals surface area contributed by atoms with E-state index in [1.165, 1.54) is 0 Å². The van der Waals surface area contributed by atoms with Gasteiger partial charge < -0.3 is 9.88 Å². The first-order valence-electron chi connectivity index (χ1n) is 6.50. The second-order valence-electron chi connectivity index (χ2n) is 4.95. The molecule has 0 spiro atoms. The fourth-order valence-corrected chi connectivity index (χ4v) is 2.51. The summed E-state index contributed by atoms with van der Waals surface area (Å²) in [6.07, 6.45) is 7.49. The molecule has 0 radical (unpaired) electrons. The number of hydrogen-bond acceptors (Lipinski definition) is 3. The van der Waals surface area contributed by atoms with E-state index < -0.39 is 0 Å². The SMILES string of the molecule is Cn1nccc1C(=O)NC[C@H]1CCn2ccnc2C1. The third kappa shape index (κ3) is 2.38. The van der Waals surface area contributed by atoms with Gasteiger partial charge in [0.15, 0.2) is 0 Å². The van der Waals surface area contributed by atoms with Gasteiger partial charge in [-0.2, -0.15) is 5.10 Å². The quantitative estimate of drug-likeness (QED) is 0.878. The lowest BCUT2D eigenvalue weighted by molar-refractivity contribution is 0.0935. The van der Waals surface area contributed by atoms with E-state index >= 15 is 0 Å². The molecule has 19 heavy (non-hydrogen) atoms. The molecule has 0 unspecified atom stereocenters. The minimum absolute atomic E-state index is 0.0612. The third-order valence-electron chi connectivity index (χ3n) is 3.66. The van der Waals surface area contributed by atoms with Gasteiger partial charge in [-0.1, -0.05) is 0 Å². The van der Waals surface area contributed by atoms with Gasteiger partial charge in [-0.25, -0.2) is 4.98 Å². The number of nitrogens with one attached hydrogen (secondary N) is 1. The molecule has 3 heterocycles. The molecule has 2 aromatic rings. The molecule has 100 valence electrons. The molecule has 1 atom stereocenters. The zero-order chi connectivity index (χ0) is 13.2. The van der Waals surface area contributed by atoms with Gasteiger partial charge in [-0.05, 0) is 18.4 Å². The summed E-state index contributed by atoms with van der Waals surface area (Å²) < 4.78 is 3.77. The Hall–Kier alpha value is -2.11. The Morgan fingerprint density at radius 1 is 1.53 bits per heavy atom. The van der Waals surface area contributed by atoms with Gasteiger partial charge in [0, 0.05) is 45.1 Å². The van der Waals surface area contributed by atoms with E-state index in [-0.39, 0.29) is 5.91 Å². The van der Waals surface area contributed by atoms with Crippen molar-refractivity contribution in [3.63, 3.8) is 0 Å². The molecule has 1 aliphatic rings. The van der Waals surface area contributed by atoms with Crippen molar-refractivity contribution in [1.82, 2.24) is 24.6 Å². The molecular formula is C13H17N5O. The Morgan fingerprint density at radius 3 is 3.21 bits per heavy atom. The van der Waals surface area contributed by atoms with Crippen molar-refractivity contribution in [1.29, 1.82) is 0 Å². The van der Waals surface area contributed by atoms with Crippen LogP contribution in [-0.2, 0) is 20.0 Å². The largest absolute Gasteiger partial charge is 0.350 e. The van der Waals surface area contributed by atoms with Gasteiger partial charge in [0.1, 0.15) is 11.5 Å². The van der Waals surface area contributed by atoms with E-state index in [1.807, 2.05) is 12.4 Å². The number of carbonyl (C=O) groups excluding carboxylic acids is 1. The van der Waals surface area contributed by atoms with Crippen molar-refractivity contribution in [2.24, 2.45) is 13.0 Å². The average Bonchev–Trinajstić information content (AvgIpc) is 3.03. The summed E-state index contributed by atoms with van der Waals surface area (Å²) in [5, 5.41) is 6.98. The summed E-state index contributed by atoms with van der Waals surface area (Å²) in [5.74, 6) is 1.52. The normalized spacial score (nSPS) is 18.1. The maximum absolute atomic E-state index is 12.0. The van der Waals surface area contributed by atoms with E-state index in [4.69, 9.17) is 0 Å². The van der Waals surface area contributed by atoms with Crippen LogP contribution in [-0.4, -0.2) is 31.8 Å². The second kappa shape index (κ2) is 4.87. The smallest absolute Gasteiger partial charge is 0.269 e. The van der Waals surface area contributed by atoms with E-state index in [0.717, 1.165) is 25.2 Å². The molecule has 3 rings (SSSR count).